The van der Waals surface area contributed by atoms with E-state index in [1.807, 2.05) is 30.5 Å². The highest BCUT2D eigenvalue weighted by Gasteiger charge is 2.33. The summed E-state index contributed by atoms with van der Waals surface area (Å²) in [4.78, 5) is 31.9. The van der Waals surface area contributed by atoms with E-state index in [9.17, 15) is 4.79 Å². The zero-order valence-corrected chi connectivity index (χ0v) is 21.7. The molecule has 0 radical (unpaired) electrons. The molecule has 1 atom stereocenters. The van der Waals surface area contributed by atoms with E-state index in [1.165, 1.54) is 5.56 Å². The van der Waals surface area contributed by atoms with Crippen molar-refractivity contribution in [3.8, 4) is 0 Å². The number of pyridine rings is 2. The van der Waals surface area contributed by atoms with Gasteiger partial charge in [-0.2, -0.15) is 0 Å². The van der Waals surface area contributed by atoms with E-state index in [2.05, 4.69) is 50.0 Å². The predicted molar refractivity (Wildman–Crippen MR) is 146 cm³/mol. The molecule has 3 aromatic rings. The fraction of sp³-hybridized carbons (Fsp3) is 0.448. The minimum absolute atomic E-state index is 0.0942. The van der Waals surface area contributed by atoms with Gasteiger partial charge >= 0.3 is 0 Å². The molecule has 2 aliphatic rings. The van der Waals surface area contributed by atoms with Crippen LogP contribution in [0.2, 0.25) is 0 Å². The van der Waals surface area contributed by atoms with Gasteiger partial charge in [-0.1, -0.05) is 29.4 Å². The fourth-order valence-corrected chi connectivity index (χ4v) is 5.75. The molecule has 4 heterocycles. The molecule has 0 bridgehead atoms. The second-order valence-corrected chi connectivity index (χ2v) is 10.2. The second kappa shape index (κ2) is 11.3. The van der Waals surface area contributed by atoms with Gasteiger partial charge in [0, 0.05) is 48.7 Å². The van der Waals surface area contributed by atoms with Crippen LogP contribution >= 0.6 is 0 Å². The van der Waals surface area contributed by atoms with Crippen molar-refractivity contribution in [3.05, 3.63) is 66.1 Å². The van der Waals surface area contributed by atoms with E-state index >= 15 is 0 Å². The first-order valence-corrected chi connectivity index (χ1v) is 13.2. The number of oxime groups is 1. The smallest absolute Gasteiger partial charge is 0.225 e. The quantitative estimate of drug-likeness (QED) is 0.401. The maximum atomic E-state index is 13.4. The van der Waals surface area contributed by atoms with E-state index in [0.717, 1.165) is 74.0 Å². The largest absolute Gasteiger partial charge is 0.399 e. The molecule has 2 aromatic heterocycles. The number of likely N-dealkylation sites (tertiary alicyclic amines) is 2. The number of nitrogens with zero attached hydrogens (tertiary/aromatic N) is 5. The highest BCUT2D eigenvalue weighted by atomic mass is 16.6. The van der Waals surface area contributed by atoms with Gasteiger partial charge in [-0.25, -0.2) is 4.98 Å². The van der Waals surface area contributed by atoms with Crippen molar-refractivity contribution in [2.24, 2.45) is 17.0 Å². The number of benzene rings is 1. The lowest BCUT2D eigenvalue weighted by atomic mass is 9.88. The Bertz CT molecular complexity index is 1260. The molecular weight excluding hydrogens is 464 g/mol. The van der Waals surface area contributed by atoms with Crippen molar-refractivity contribution in [3.63, 3.8) is 0 Å². The molecule has 1 unspecified atom stereocenters. The summed E-state index contributed by atoms with van der Waals surface area (Å²) in [6.07, 6.45) is 7.16. The second-order valence-electron chi connectivity index (χ2n) is 10.2. The lowest BCUT2D eigenvalue weighted by Crippen LogP contribution is -2.46. The van der Waals surface area contributed by atoms with Crippen LogP contribution < -0.4 is 5.73 Å². The summed E-state index contributed by atoms with van der Waals surface area (Å²) < 4.78 is 0. The normalized spacial score (nSPS) is 19.2. The van der Waals surface area contributed by atoms with Crippen LogP contribution in [0, 0.1) is 11.8 Å². The number of hydrogen-bond donors (Lipinski definition) is 1. The molecule has 0 saturated carbocycles. The highest BCUT2D eigenvalue weighted by Crippen LogP contribution is 2.30. The first-order chi connectivity index (χ1) is 18.0. The van der Waals surface area contributed by atoms with Crippen LogP contribution in [0.25, 0.3) is 10.8 Å². The number of rotatable bonds is 6. The van der Waals surface area contributed by atoms with Crippen LogP contribution in [0.15, 0.2) is 60.0 Å². The molecule has 8 nitrogen and oxygen atoms in total. The summed E-state index contributed by atoms with van der Waals surface area (Å²) >= 11 is 0. The highest BCUT2D eigenvalue weighted by molar-refractivity contribution is 6.02. The van der Waals surface area contributed by atoms with Crippen LogP contribution in [0.1, 0.15) is 49.9 Å². The summed E-state index contributed by atoms with van der Waals surface area (Å²) in [7, 11) is 1.58. The number of nitrogen functional groups attached to an aromatic ring is 1. The Hall–Kier alpha value is -3.52. The molecule has 2 N–H and O–H groups in total. The van der Waals surface area contributed by atoms with Gasteiger partial charge < -0.3 is 15.5 Å². The molecule has 0 aliphatic carbocycles. The maximum absolute atomic E-state index is 13.4. The monoisotopic (exact) mass is 500 g/mol. The Kier molecular flexibility index (Phi) is 7.65. The summed E-state index contributed by atoms with van der Waals surface area (Å²) in [5.74, 6) is 1.16. The van der Waals surface area contributed by atoms with E-state index in [0.29, 0.717) is 11.7 Å². The zero-order chi connectivity index (χ0) is 25.8. The Balaban J connectivity index is 1.17. The van der Waals surface area contributed by atoms with Crippen LogP contribution in [-0.2, 0) is 9.63 Å². The number of hydrogen-bond acceptors (Lipinski definition) is 7. The van der Waals surface area contributed by atoms with E-state index in [1.54, 1.807) is 13.3 Å². The molecule has 37 heavy (non-hydrogen) atoms. The fourth-order valence-electron chi connectivity index (χ4n) is 5.75. The van der Waals surface area contributed by atoms with Gasteiger partial charge in [-0.05, 0) is 74.8 Å². The van der Waals surface area contributed by atoms with Gasteiger partial charge in [-0.15, -0.1) is 0 Å². The number of carbonyl (C=O) groups excluding carboxylic acids is 1. The molecule has 2 fully saturated rings. The molecule has 1 aromatic carbocycles. The molecule has 2 aliphatic heterocycles. The van der Waals surface area contributed by atoms with E-state index in [-0.39, 0.29) is 17.9 Å². The molecule has 2 saturated heterocycles. The molecule has 0 spiro atoms. The van der Waals surface area contributed by atoms with Gasteiger partial charge in [0.05, 0.1) is 5.69 Å². The average Bonchev–Trinajstić information content (AvgIpc) is 2.95. The summed E-state index contributed by atoms with van der Waals surface area (Å²) in [5.41, 5.74) is 8.77. The van der Waals surface area contributed by atoms with E-state index in [4.69, 9.17) is 10.6 Å². The number of fused-ring (bicyclic) bond motifs is 1. The van der Waals surface area contributed by atoms with Crippen molar-refractivity contribution in [2.45, 2.75) is 38.6 Å². The third-order valence-electron chi connectivity index (χ3n) is 7.99. The predicted octanol–water partition coefficient (Wildman–Crippen LogP) is 4.27. The van der Waals surface area contributed by atoms with Crippen LogP contribution in [0.5, 0.6) is 0 Å². The average molecular weight is 501 g/mol. The topological polar surface area (TPSA) is 96.9 Å². The molecular formula is C29H36N6O2. The molecule has 194 valence electrons. The van der Waals surface area contributed by atoms with Gasteiger partial charge in [0.1, 0.15) is 18.6 Å². The zero-order valence-electron chi connectivity index (χ0n) is 21.7. The maximum Gasteiger partial charge on any atom is 0.225 e. The van der Waals surface area contributed by atoms with Crippen LogP contribution in [0.3, 0.4) is 0 Å². The van der Waals surface area contributed by atoms with Gasteiger partial charge in [0.25, 0.3) is 0 Å². The Morgan fingerprint density at radius 3 is 2.41 bits per heavy atom. The van der Waals surface area contributed by atoms with E-state index < -0.39 is 0 Å². The minimum atomic E-state index is 0.0942. The Morgan fingerprint density at radius 1 is 1.00 bits per heavy atom. The number of amides is 1. The molecule has 5 rings (SSSR count). The van der Waals surface area contributed by atoms with Crippen LogP contribution in [-0.4, -0.2) is 64.7 Å². The van der Waals surface area contributed by atoms with Crippen molar-refractivity contribution in [1.82, 2.24) is 19.8 Å². The summed E-state index contributed by atoms with van der Waals surface area (Å²) in [6, 6.07) is 14.5. The third kappa shape index (κ3) is 5.59. The minimum Gasteiger partial charge on any atom is -0.399 e. The SMILES string of the molecule is CO/N=C(\c1cc2ccccc2cn1)C1CCN(C(=O)C2CCN(C(C)c3ccnc(N)c3)CC2)CC1. The first kappa shape index (κ1) is 25.1. The van der Waals surface area contributed by atoms with Crippen molar-refractivity contribution in [1.29, 1.82) is 0 Å². The molecule has 8 heteroatoms. The van der Waals surface area contributed by atoms with Gasteiger partial charge in [-0.3, -0.25) is 14.7 Å². The van der Waals surface area contributed by atoms with Crippen LogP contribution in [0.4, 0.5) is 5.82 Å². The first-order valence-electron chi connectivity index (χ1n) is 13.2. The van der Waals surface area contributed by atoms with Gasteiger partial charge in [0.15, 0.2) is 0 Å². The summed E-state index contributed by atoms with van der Waals surface area (Å²) in [6.45, 7) is 5.51. The van der Waals surface area contributed by atoms with Crippen molar-refractivity contribution < 1.29 is 9.63 Å². The van der Waals surface area contributed by atoms with Gasteiger partial charge in [0.2, 0.25) is 5.91 Å². The third-order valence-corrected chi connectivity index (χ3v) is 7.99. The lowest BCUT2D eigenvalue weighted by molar-refractivity contribution is -0.138. The Morgan fingerprint density at radius 2 is 1.70 bits per heavy atom. The molecule has 1 amide bonds. The number of nitrogens with two attached hydrogens (primary N) is 1. The summed E-state index contributed by atoms with van der Waals surface area (Å²) in [5, 5.41) is 6.61. The van der Waals surface area contributed by atoms with Crippen molar-refractivity contribution in [2.75, 3.05) is 39.0 Å². The Labute approximate surface area is 218 Å². The number of aromatic nitrogens is 2. The number of piperidine rings is 2. The number of anilines is 1. The number of carbonyl (C=O) groups is 1. The standard InChI is InChI=1S/C29H36N6O2/c1-20(23-7-12-31-27(30)18-23)34-13-10-22(11-14-34)29(36)35-15-8-21(9-16-35)28(33-37-2)26-17-24-5-3-4-6-25(24)19-32-26/h3-7,12,17-22H,8-11,13-16H2,1-2H3,(H2,30,31)/b33-28-. The van der Waals surface area contributed by atoms with Crippen molar-refractivity contribution >= 4 is 28.2 Å². The lowest BCUT2D eigenvalue weighted by Gasteiger charge is -2.39.